The topological polar surface area (TPSA) is 48.7 Å². The zero-order valence-electron chi connectivity index (χ0n) is 10.4. The van der Waals surface area contributed by atoms with Crippen LogP contribution < -0.4 is 9.47 Å². The van der Waals surface area contributed by atoms with Crippen LogP contribution in [0, 0.1) is 0 Å². The number of allylic oxidation sites excluding steroid dienone is 1. The number of carbonyl (C=O) groups is 1. The van der Waals surface area contributed by atoms with E-state index < -0.39 is 0 Å². The van der Waals surface area contributed by atoms with E-state index in [1.54, 1.807) is 42.7 Å². The second-order valence-electron chi connectivity index (χ2n) is 4.05. The Balaban J connectivity index is 1.93. The fourth-order valence-corrected chi connectivity index (χ4v) is 1.93. The lowest BCUT2D eigenvalue weighted by atomic mass is 10.1. The highest BCUT2D eigenvalue weighted by molar-refractivity contribution is 6.14. The van der Waals surface area contributed by atoms with Crippen LogP contribution >= 0.6 is 0 Å². The van der Waals surface area contributed by atoms with Crippen LogP contribution in [0.3, 0.4) is 0 Å². The van der Waals surface area contributed by atoms with E-state index in [1.807, 2.05) is 6.92 Å². The third-order valence-electron chi connectivity index (χ3n) is 2.77. The van der Waals surface area contributed by atoms with Gasteiger partial charge in [0.1, 0.15) is 17.3 Å². The third-order valence-corrected chi connectivity index (χ3v) is 2.77. The number of Topliss-reactive ketones (excluding diaryl/α,β-unsaturated/α-hetero) is 1. The van der Waals surface area contributed by atoms with Crippen molar-refractivity contribution in [1.82, 2.24) is 0 Å². The molecule has 0 saturated carbocycles. The third kappa shape index (κ3) is 2.12. The Morgan fingerprint density at radius 2 is 2.21 bits per heavy atom. The lowest BCUT2D eigenvalue weighted by Crippen LogP contribution is -1.97. The zero-order chi connectivity index (χ0) is 13.2. The summed E-state index contributed by atoms with van der Waals surface area (Å²) in [4.78, 5) is 12.1. The average Bonchev–Trinajstić information content (AvgIpc) is 3.00. The van der Waals surface area contributed by atoms with Crippen LogP contribution in [0.15, 0.2) is 46.8 Å². The van der Waals surface area contributed by atoms with Crippen molar-refractivity contribution in [2.75, 3.05) is 6.61 Å². The van der Waals surface area contributed by atoms with Gasteiger partial charge < -0.3 is 13.9 Å². The molecule has 2 heterocycles. The quantitative estimate of drug-likeness (QED) is 0.790. The van der Waals surface area contributed by atoms with E-state index >= 15 is 0 Å². The largest absolute Gasteiger partial charge is 0.494 e. The van der Waals surface area contributed by atoms with Crippen molar-refractivity contribution in [1.29, 1.82) is 0 Å². The first-order chi connectivity index (χ1) is 9.28. The number of carbonyl (C=O) groups excluding carboxylic acids is 1. The van der Waals surface area contributed by atoms with Gasteiger partial charge in [-0.1, -0.05) is 0 Å². The molecule has 3 rings (SSSR count). The Hall–Kier alpha value is -2.49. The van der Waals surface area contributed by atoms with E-state index in [2.05, 4.69) is 0 Å². The molecular formula is C15H12O4. The average molecular weight is 256 g/mol. The molecule has 0 N–H and O–H groups in total. The Morgan fingerprint density at radius 3 is 2.95 bits per heavy atom. The molecule has 2 aromatic rings. The van der Waals surface area contributed by atoms with Gasteiger partial charge in [0.05, 0.1) is 18.4 Å². The fourth-order valence-electron chi connectivity index (χ4n) is 1.93. The van der Waals surface area contributed by atoms with Crippen LogP contribution in [0.5, 0.6) is 11.5 Å². The number of hydrogen-bond acceptors (Lipinski definition) is 4. The molecule has 0 spiro atoms. The Labute approximate surface area is 110 Å². The van der Waals surface area contributed by atoms with Crippen LogP contribution in [0.1, 0.15) is 23.0 Å². The summed E-state index contributed by atoms with van der Waals surface area (Å²) < 4.78 is 16.1. The van der Waals surface area contributed by atoms with Crippen molar-refractivity contribution in [3.8, 4) is 11.5 Å². The van der Waals surface area contributed by atoms with Crippen LogP contribution in [-0.4, -0.2) is 12.4 Å². The normalized spacial score (nSPS) is 15.4. The van der Waals surface area contributed by atoms with Gasteiger partial charge in [0.15, 0.2) is 5.76 Å². The minimum Gasteiger partial charge on any atom is -0.494 e. The lowest BCUT2D eigenvalue weighted by Gasteiger charge is -2.03. The second kappa shape index (κ2) is 4.65. The molecule has 0 unspecified atom stereocenters. The second-order valence-corrected chi connectivity index (χ2v) is 4.05. The van der Waals surface area contributed by atoms with E-state index in [9.17, 15) is 4.79 Å². The molecular weight excluding hydrogens is 244 g/mol. The van der Waals surface area contributed by atoms with Gasteiger partial charge >= 0.3 is 0 Å². The summed E-state index contributed by atoms with van der Waals surface area (Å²) in [5.41, 5.74) is 0.543. The fraction of sp³-hybridized carbons (Fsp3) is 0.133. The number of rotatable bonds is 3. The molecule has 4 heteroatoms. The smallest absolute Gasteiger partial charge is 0.232 e. The zero-order valence-corrected chi connectivity index (χ0v) is 10.4. The van der Waals surface area contributed by atoms with Gasteiger partial charge in [-0.25, -0.2) is 0 Å². The van der Waals surface area contributed by atoms with E-state index in [0.717, 1.165) is 0 Å². The van der Waals surface area contributed by atoms with Gasteiger partial charge in [0, 0.05) is 12.1 Å². The van der Waals surface area contributed by atoms with E-state index in [-0.39, 0.29) is 11.5 Å². The summed E-state index contributed by atoms with van der Waals surface area (Å²) in [6.07, 6.45) is 3.13. The van der Waals surface area contributed by atoms with Gasteiger partial charge in [-0.2, -0.15) is 0 Å². The summed E-state index contributed by atoms with van der Waals surface area (Å²) in [5, 5.41) is 0. The highest BCUT2D eigenvalue weighted by Gasteiger charge is 2.27. The maximum absolute atomic E-state index is 12.1. The molecule has 1 aromatic heterocycles. The predicted molar refractivity (Wildman–Crippen MR) is 69.3 cm³/mol. The van der Waals surface area contributed by atoms with Crippen LogP contribution in [-0.2, 0) is 0 Å². The van der Waals surface area contributed by atoms with Crippen molar-refractivity contribution in [3.63, 3.8) is 0 Å². The first kappa shape index (κ1) is 11.6. The molecule has 0 aliphatic carbocycles. The molecule has 1 aliphatic rings. The lowest BCUT2D eigenvalue weighted by molar-refractivity contribution is 0.101. The molecule has 0 radical (unpaired) electrons. The Morgan fingerprint density at radius 1 is 1.32 bits per heavy atom. The number of benzene rings is 1. The Kier molecular flexibility index (Phi) is 2.83. The van der Waals surface area contributed by atoms with Gasteiger partial charge in [-0.3, -0.25) is 4.79 Å². The number of ether oxygens (including phenoxy) is 2. The van der Waals surface area contributed by atoms with Crippen LogP contribution in [0.25, 0.3) is 6.08 Å². The number of furan rings is 1. The first-order valence-corrected chi connectivity index (χ1v) is 6.02. The van der Waals surface area contributed by atoms with Crippen LogP contribution in [0.4, 0.5) is 0 Å². The molecule has 19 heavy (non-hydrogen) atoms. The first-order valence-electron chi connectivity index (χ1n) is 6.02. The van der Waals surface area contributed by atoms with Crippen LogP contribution in [0.2, 0.25) is 0 Å². The summed E-state index contributed by atoms with van der Waals surface area (Å²) in [7, 11) is 0. The van der Waals surface area contributed by atoms with Gasteiger partial charge in [-0.15, -0.1) is 0 Å². The summed E-state index contributed by atoms with van der Waals surface area (Å²) in [6, 6.07) is 8.72. The molecule has 4 nitrogen and oxygen atoms in total. The summed E-state index contributed by atoms with van der Waals surface area (Å²) >= 11 is 0. The highest BCUT2D eigenvalue weighted by atomic mass is 16.5. The van der Waals surface area contributed by atoms with Crippen molar-refractivity contribution >= 4 is 11.9 Å². The van der Waals surface area contributed by atoms with E-state index in [4.69, 9.17) is 13.9 Å². The molecule has 0 bridgehead atoms. The van der Waals surface area contributed by atoms with Crippen molar-refractivity contribution in [2.24, 2.45) is 0 Å². The van der Waals surface area contributed by atoms with Gasteiger partial charge in [0.25, 0.3) is 0 Å². The number of ketones is 1. The number of fused-ring (bicyclic) bond motifs is 1. The number of hydrogen-bond donors (Lipinski definition) is 0. The molecule has 96 valence electrons. The molecule has 0 saturated heterocycles. The van der Waals surface area contributed by atoms with Gasteiger partial charge in [-0.05, 0) is 31.2 Å². The van der Waals surface area contributed by atoms with E-state index in [1.165, 1.54) is 0 Å². The molecule has 0 fully saturated rings. The van der Waals surface area contributed by atoms with E-state index in [0.29, 0.717) is 29.4 Å². The minimum absolute atomic E-state index is 0.144. The maximum Gasteiger partial charge on any atom is 0.232 e. The summed E-state index contributed by atoms with van der Waals surface area (Å²) in [6.45, 7) is 2.48. The molecule has 1 aliphatic heterocycles. The van der Waals surface area contributed by atoms with Crippen molar-refractivity contribution in [2.45, 2.75) is 6.92 Å². The molecule has 1 aromatic carbocycles. The van der Waals surface area contributed by atoms with Crippen molar-refractivity contribution in [3.05, 3.63) is 53.7 Å². The van der Waals surface area contributed by atoms with Gasteiger partial charge in [0.2, 0.25) is 5.78 Å². The molecule has 0 amide bonds. The summed E-state index contributed by atoms with van der Waals surface area (Å²) in [5.74, 6) is 1.91. The predicted octanol–water partition coefficient (Wildman–Crippen LogP) is 3.29. The SMILES string of the molecule is CCOc1ccc2c(c1)OC(=Cc1ccco1)C2=O. The minimum atomic E-state index is -0.144. The highest BCUT2D eigenvalue weighted by Crippen LogP contribution is 2.34. The standard InChI is InChI=1S/C15H12O4/c1-2-17-11-5-6-12-13(8-11)19-14(15(12)16)9-10-4-3-7-18-10/h3-9H,2H2,1H3. The monoisotopic (exact) mass is 256 g/mol. The Bertz CT molecular complexity index is 638. The maximum atomic E-state index is 12.1. The van der Waals surface area contributed by atoms with Crippen molar-refractivity contribution < 1.29 is 18.7 Å². The molecule has 0 atom stereocenters.